The highest BCUT2D eigenvalue weighted by Crippen LogP contribution is 2.24. The molecule has 1 atom stereocenters. The highest BCUT2D eigenvalue weighted by atomic mass is 35.5. The number of sulfone groups is 1. The number of halogens is 1. The summed E-state index contributed by atoms with van der Waals surface area (Å²) in [6.07, 6.45) is 1.17. The largest absolute Gasteiger partial charge is 0.335 e. The molecule has 2 aromatic carbocycles. The third-order valence-corrected chi connectivity index (χ3v) is 5.25. The Bertz CT molecular complexity index is 816. The van der Waals surface area contributed by atoms with Crippen LogP contribution in [0.5, 0.6) is 0 Å². The SMILES string of the molecule is CC(c1ccc(S(C)(=O)=O)cc1)N(C)C(=O)c1ccccc1Cl. The Hall–Kier alpha value is -1.85. The van der Waals surface area contributed by atoms with Crippen molar-refractivity contribution < 1.29 is 13.2 Å². The van der Waals surface area contributed by atoms with Crippen LogP contribution in [0.15, 0.2) is 53.4 Å². The van der Waals surface area contributed by atoms with Crippen LogP contribution in [-0.4, -0.2) is 32.5 Å². The van der Waals surface area contributed by atoms with Crippen LogP contribution in [0.3, 0.4) is 0 Å². The number of hydrogen-bond donors (Lipinski definition) is 0. The highest BCUT2D eigenvalue weighted by molar-refractivity contribution is 7.90. The van der Waals surface area contributed by atoms with Crippen molar-refractivity contribution in [1.29, 1.82) is 0 Å². The zero-order chi connectivity index (χ0) is 17.2. The van der Waals surface area contributed by atoms with Crippen molar-refractivity contribution >= 4 is 27.3 Å². The lowest BCUT2D eigenvalue weighted by molar-refractivity contribution is 0.0743. The smallest absolute Gasteiger partial charge is 0.255 e. The van der Waals surface area contributed by atoms with Gasteiger partial charge in [0.1, 0.15) is 0 Å². The molecule has 0 aromatic heterocycles. The van der Waals surface area contributed by atoms with Gasteiger partial charge >= 0.3 is 0 Å². The van der Waals surface area contributed by atoms with Crippen LogP contribution >= 0.6 is 11.6 Å². The second kappa shape index (κ2) is 6.72. The summed E-state index contributed by atoms with van der Waals surface area (Å²) in [5.74, 6) is -0.185. The van der Waals surface area contributed by atoms with Gasteiger partial charge in [-0.15, -0.1) is 0 Å². The molecule has 0 aliphatic rings. The lowest BCUT2D eigenvalue weighted by atomic mass is 10.1. The third-order valence-electron chi connectivity index (χ3n) is 3.80. The standard InChI is InChI=1S/C17H18ClNO3S/c1-12(13-8-10-14(11-9-13)23(3,21)22)19(2)17(20)15-6-4-5-7-16(15)18/h4-12H,1-3H3. The third kappa shape index (κ3) is 3.92. The molecule has 6 heteroatoms. The lowest BCUT2D eigenvalue weighted by Crippen LogP contribution is -2.29. The molecule has 0 saturated heterocycles. The maximum absolute atomic E-state index is 12.6. The van der Waals surface area contributed by atoms with E-state index < -0.39 is 9.84 Å². The molecule has 0 bridgehead atoms. The van der Waals surface area contributed by atoms with Crippen molar-refractivity contribution in [1.82, 2.24) is 4.90 Å². The van der Waals surface area contributed by atoms with Crippen LogP contribution in [0.1, 0.15) is 28.9 Å². The van der Waals surface area contributed by atoms with E-state index in [0.29, 0.717) is 10.6 Å². The average molecular weight is 352 g/mol. The number of hydrogen-bond acceptors (Lipinski definition) is 3. The van der Waals surface area contributed by atoms with Crippen molar-refractivity contribution in [2.45, 2.75) is 17.9 Å². The average Bonchev–Trinajstić information content (AvgIpc) is 2.52. The normalized spacial score (nSPS) is 12.7. The van der Waals surface area contributed by atoms with E-state index in [-0.39, 0.29) is 16.8 Å². The maximum atomic E-state index is 12.6. The van der Waals surface area contributed by atoms with Gasteiger partial charge in [0.2, 0.25) is 0 Å². The van der Waals surface area contributed by atoms with E-state index in [4.69, 9.17) is 11.6 Å². The summed E-state index contributed by atoms with van der Waals surface area (Å²) in [5, 5.41) is 0.406. The summed E-state index contributed by atoms with van der Waals surface area (Å²) >= 11 is 6.07. The van der Waals surface area contributed by atoms with E-state index in [1.165, 1.54) is 6.26 Å². The van der Waals surface area contributed by atoms with Gasteiger partial charge in [0.15, 0.2) is 9.84 Å². The fourth-order valence-electron chi connectivity index (χ4n) is 2.22. The number of benzene rings is 2. The topological polar surface area (TPSA) is 54.5 Å². The van der Waals surface area contributed by atoms with Crippen LogP contribution in [0.2, 0.25) is 5.02 Å². The predicted octanol–water partition coefficient (Wildman–Crippen LogP) is 3.58. The van der Waals surface area contributed by atoms with Gasteiger partial charge in [-0.25, -0.2) is 8.42 Å². The van der Waals surface area contributed by atoms with Crippen LogP contribution in [0.4, 0.5) is 0 Å². The molecule has 2 rings (SSSR count). The molecule has 122 valence electrons. The molecule has 0 aliphatic heterocycles. The van der Waals surface area contributed by atoms with Gasteiger partial charge < -0.3 is 4.90 Å². The van der Waals surface area contributed by atoms with Gasteiger partial charge in [0.25, 0.3) is 5.91 Å². The summed E-state index contributed by atoms with van der Waals surface area (Å²) in [6, 6.07) is 13.2. The van der Waals surface area contributed by atoms with E-state index in [2.05, 4.69) is 0 Å². The second-order valence-electron chi connectivity index (χ2n) is 5.41. The fraction of sp³-hybridized carbons (Fsp3) is 0.235. The van der Waals surface area contributed by atoms with Gasteiger partial charge in [-0.05, 0) is 36.8 Å². The Morgan fingerprint density at radius 1 is 1.09 bits per heavy atom. The van der Waals surface area contributed by atoms with Crippen LogP contribution < -0.4 is 0 Å². The quantitative estimate of drug-likeness (QED) is 0.846. The fourth-order valence-corrected chi connectivity index (χ4v) is 3.06. The van der Waals surface area contributed by atoms with Crippen LogP contribution in [0.25, 0.3) is 0 Å². The van der Waals surface area contributed by atoms with Crippen molar-refractivity contribution in [3.63, 3.8) is 0 Å². The summed E-state index contributed by atoms with van der Waals surface area (Å²) in [7, 11) is -1.53. The van der Waals surface area contributed by atoms with E-state index in [0.717, 1.165) is 5.56 Å². The Morgan fingerprint density at radius 3 is 2.17 bits per heavy atom. The number of carbonyl (C=O) groups excluding carboxylic acids is 1. The minimum atomic E-state index is -3.23. The minimum absolute atomic E-state index is 0.185. The molecule has 1 unspecified atom stereocenters. The summed E-state index contributed by atoms with van der Waals surface area (Å²) in [5.41, 5.74) is 1.29. The lowest BCUT2D eigenvalue weighted by Gasteiger charge is -2.26. The molecule has 0 radical (unpaired) electrons. The van der Waals surface area contributed by atoms with E-state index in [9.17, 15) is 13.2 Å². The van der Waals surface area contributed by atoms with Crippen LogP contribution in [0, 0.1) is 0 Å². The molecule has 0 saturated carbocycles. The van der Waals surface area contributed by atoms with Crippen molar-refractivity contribution in [3.8, 4) is 0 Å². The number of nitrogens with zero attached hydrogens (tertiary/aromatic N) is 1. The first kappa shape index (κ1) is 17.5. The minimum Gasteiger partial charge on any atom is -0.335 e. The predicted molar refractivity (Wildman–Crippen MR) is 91.5 cm³/mol. The molecule has 0 aliphatic carbocycles. The van der Waals surface area contributed by atoms with E-state index in [1.807, 2.05) is 6.92 Å². The summed E-state index contributed by atoms with van der Waals surface area (Å²) in [4.78, 5) is 14.4. The summed E-state index contributed by atoms with van der Waals surface area (Å²) < 4.78 is 23.0. The highest BCUT2D eigenvalue weighted by Gasteiger charge is 2.21. The van der Waals surface area contributed by atoms with Gasteiger partial charge in [0, 0.05) is 13.3 Å². The number of rotatable bonds is 4. The van der Waals surface area contributed by atoms with Gasteiger partial charge in [0.05, 0.1) is 21.5 Å². The van der Waals surface area contributed by atoms with Gasteiger partial charge in [-0.3, -0.25) is 4.79 Å². The Labute approximate surface area is 141 Å². The maximum Gasteiger partial charge on any atom is 0.255 e. The van der Waals surface area contributed by atoms with Crippen molar-refractivity contribution in [2.75, 3.05) is 13.3 Å². The van der Waals surface area contributed by atoms with E-state index in [1.54, 1.807) is 60.5 Å². The molecule has 0 heterocycles. The number of carbonyl (C=O) groups is 1. The summed E-state index contributed by atoms with van der Waals surface area (Å²) in [6.45, 7) is 1.88. The van der Waals surface area contributed by atoms with Gasteiger partial charge in [-0.1, -0.05) is 35.9 Å². The molecular weight excluding hydrogens is 334 g/mol. The first-order chi connectivity index (χ1) is 10.7. The van der Waals surface area contributed by atoms with Crippen molar-refractivity contribution in [3.05, 3.63) is 64.7 Å². The van der Waals surface area contributed by atoms with Crippen LogP contribution in [-0.2, 0) is 9.84 Å². The monoisotopic (exact) mass is 351 g/mol. The zero-order valence-electron chi connectivity index (χ0n) is 13.2. The molecule has 23 heavy (non-hydrogen) atoms. The first-order valence-electron chi connectivity index (χ1n) is 7.03. The molecule has 0 fully saturated rings. The number of amides is 1. The molecular formula is C17H18ClNO3S. The second-order valence-corrected chi connectivity index (χ2v) is 7.84. The molecule has 2 aromatic rings. The first-order valence-corrected chi connectivity index (χ1v) is 9.30. The Morgan fingerprint density at radius 2 is 1.65 bits per heavy atom. The zero-order valence-corrected chi connectivity index (χ0v) is 14.7. The molecule has 0 spiro atoms. The molecule has 4 nitrogen and oxygen atoms in total. The Kier molecular flexibility index (Phi) is 5.12. The van der Waals surface area contributed by atoms with E-state index >= 15 is 0 Å². The molecule has 1 amide bonds. The Balaban J connectivity index is 2.24. The van der Waals surface area contributed by atoms with Crippen molar-refractivity contribution in [2.24, 2.45) is 0 Å². The molecule has 0 N–H and O–H groups in total. The van der Waals surface area contributed by atoms with Gasteiger partial charge in [-0.2, -0.15) is 0 Å².